The van der Waals surface area contributed by atoms with Crippen molar-refractivity contribution in [2.75, 3.05) is 0 Å². The van der Waals surface area contributed by atoms with Crippen LogP contribution in [0.2, 0.25) is 0 Å². The average molecular weight is 256 g/mol. The van der Waals surface area contributed by atoms with Crippen LogP contribution in [0.5, 0.6) is 0 Å². The maximum atomic E-state index is 11.2. The topological polar surface area (TPSA) is 30.2 Å². The zero-order valence-corrected chi connectivity index (χ0v) is 12.0. The largest absolute Gasteiger partial charge is 0.458 e. The van der Waals surface area contributed by atoms with E-state index >= 15 is 0 Å². The monoisotopic (exact) mass is 256 g/mol. The second-order valence-corrected chi connectivity index (χ2v) is 5.95. The van der Waals surface area contributed by atoms with Crippen molar-refractivity contribution in [1.82, 2.24) is 0 Å². The first kappa shape index (κ1) is 13.6. The van der Waals surface area contributed by atoms with Gasteiger partial charge >= 0.3 is 0 Å². The van der Waals surface area contributed by atoms with Crippen LogP contribution in [-0.2, 0) is 11.8 Å². The molecule has 0 aliphatic carbocycles. The lowest BCUT2D eigenvalue weighted by molar-refractivity contribution is 0.0985. The molecule has 0 N–H and O–H groups in total. The Balaban J connectivity index is 2.13. The summed E-state index contributed by atoms with van der Waals surface area (Å²) in [6.07, 6.45) is 0.720. The van der Waals surface area contributed by atoms with E-state index in [-0.39, 0.29) is 11.2 Å². The van der Waals surface area contributed by atoms with Gasteiger partial charge in [0.15, 0.2) is 11.5 Å². The van der Waals surface area contributed by atoms with Crippen LogP contribution in [0.4, 0.5) is 0 Å². The fourth-order valence-corrected chi connectivity index (χ4v) is 1.99. The van der Waals surface area contributed by atoms with Crippen LogP contribution in [0.1, 0.15) is 55.1 Å². The Morgan fingerprint density at radius 1 is 1.05 bits per heavy atom. The highest BCUT2D eigenvalue weighted by Crippen LogP contribution is 2.23. The molecule has 1 heterocycles. The first-order valence-electron chi connectivity index (χ1n) is 6.55. The summed E-state index contributed by atoms with van der Waals surface area (Å²) < 4.78 is 5.50. The molecule has 0 spiro atoms. The van der Waals surface area contributed by atoms with Gasteiger partial charge in [0.1, 0.15) is 5.76 Å². The minimum atomic E-state index is -0.0330. The van der Waals surface area contributed by atoms with E-state index in [4.69, 9.17) is 4.42 Å². The van der Waals surface area contributed by atoms with Crippen molar-refractivity contribution in [1.29, 1.82) is 0 Å². The molecule has 0 amide bonds. The molecule has 0 aliphatic rings. The van der Waals surface area contributed by atoms with Gasteiger partial charge in [0.2, 0.25) is 0 Å². The second-order valence-electron chi connectivity index (χ2n) is 5.95. The molecule has 0 fully saturated rings. The van der Waals surface area contributed by atoms with Gasteiger partial charge in [0.05, 0.1) is 0 Å². The number of hydrogen-bond donors (Lipinski definition) is 0. The Kier molecular flexibility index (Phi) is 3.61. The molecule has 0 saturated heterocycles. The Hall–Kier alpha value is -1.83. The van der Waals surface area contributed by atoms with E-state index in [1.54, 1.807) is 6.07 Å². The predicted octanol–water partition coefficient (Wildman–Crippen LogP) is 4.37. The zero-order valence-electron chi connectivity index (χ0n) is 12.0. The molecule has 0 aliphatic heterocycles. The first-order chi connectivity index (χ1) is 8.86. The number of furan rings is 1. The molecule has 0 unspecified atom stereocenters. The fourth-order valence-electron chi connectivity index (χ4n) is 1.99. The van der Waals surface area contributed by atoms with Crippen LogP contribution in [0, 0.1) is 0 Å². The standard InChI is InChI=1S/C17H20O2/c1-12(18)16-10-9-15(19-16)11-13-5-7-14(8-6-13)17(2,3)4/h5-10H,11H2,1-4H3. The molecule has 0 radical (unpaired) electrons. The van der Waals surface area contributed by atoms with Crippen molar-refractivity contribution in [3.05, 3.63) is 59.0 Å². The number of hydrogen-bond acceptors (Lipinski definition) is 2. The van der Waals surface area contributed by atoms with Crippen molar-refractivity contribution >= 4 is 5.78 Å². The number of benzene rings is 1. The van der Waals surface area contributed by atoms with E-state index in [9.17, 15) is 4.79 Å². The van der Waals surface area contributed by atoms with E-state index in [1.165, 1.54) is 18.1 Å². The molecule has 0 bridgehead atoms. The van der Waals surface area contributed by atoms with Crippen LogP contribution >= 0.6 is 0 Å². The lowest BCUT2D eigenvalue weighted by Gasteiger charge is -2.19. The third-order valence-electron chi connectivity index (χ3n) is 3.21. The number of rotatable bonds is 3. The van der Waals surface area contributed by atoms with Gasteiger partial charge in [0, 0.05) is 13.3 Å². The van der Waals surface area contributed by atoms with Crippen molar-refractivity contribution < 1.29 is 9.21 Å². The minimum Gasteiger partial charge on any atom is -0.458 e. The molecule has 1 aromatic carbocycles. The normalized spacial score (nSPS) is 11.6. The molecule has 2 nitrogen and oxygen atoms in total. The summed E-state index contributed by atoms with van der Waals surface area (Å²) in [6.45, 7) is 8.12. The Labute approximate surface area is 114 Å². The van der Waals surface area contributed by atoms with Crippen LogP contribution < -0.4 is 0 Å². The molecular formula is C17H20O2. The van der Waals surface area contributed by atoms with Gasteiger partial charge in [-0.25, -0.2) is 0 Å². The first-order valence-corrected chi connectivity index (χ1v) is 6.55. The highest BCUT2D eigenvalue weighted by Gasteiger charge is 2.13. The van der Waals surface area contributed by atoms with E-state index in [0.717, 1.165) is 12.2 Å². The van der Waals surface area contributed by atoms with E-state index in [2.05, 4.69) is 45.0 Å². The third-order valence-corrected chi connectivity index (χ3v) is 3.21. The van der Waals surface area contributed by atoms with Crippen molar-refractivity contribution in [2.24, 2.45) is 0 Å². The highest BCUT2D eigenvalue weighted by atomic mass is 16.3. The number of carbonyl (C=O) groups excluding carboxylic acids is 1. The fraction of sp³-hybridized carbons (Fsp3) is 0.353. The van der Waals surface area contributed by atoms with Gasteiger partial charge in [-0.15, -0.1) is 0 Å². The summed E-state index contributed by atoms with van der Waals surface area (Å²) in [5, 5.41) is 0. The molecule has 2 heteroatoms. The van der Waals surface area contributed by atoms with Gasteiger partial charge < -0.3 is 4.42 Å². The SMILES string of the molecule is CC(=O)c1ccc(Cc2ccc(C(C)(C)C)cc2)o1. The summed E-state index contributed by atoms with van der Waals surface area (Å²) in [6, 6.07) is 12.2. The van der Waals surface area contributed by atoms with Gasteiger partial charge in [0.25, 0.3) is 0 Å². The van der Waals surface area contributed by atoms with Crippen LogP contribution in [0.3, 0.4) is 0 Å². The van der Waals surface area contributed by atoms with E-state index in [0.29, 0.717) is 5.76 Å². The Morgan fingerprint density at radius 2 is 1.68 bits per heavy atom. The van der Waals surface area contributed by atoms with E-state index < -0.39 is 0 Å². The smallest absolute Gasteiger partial charge is 0.194 e. The van der Waals surface area contributed by atoms with Gasteiger partial charge in [-0.1, -0.05) is 45.0 Å². The average Bonchev–Trinajstić information content (AvgIpc) is 2.77. The summed E-state index contributed by atoms with van der Waals surface area (Å²) in [4.78, 5) is 11.2. The summed E-state index contributed by atoms with van der Waals surface area (Å²) in [5.41, 5.74) is 2.68. The molecule has 2 aromatic rings. The number of carbonyl (C=O) groups is 1. The second kappa shape index (κ2) is 5.04. The lowest BCUT2D eigenvalue weighted by atomic mass is 9.86. The van der Waals surface area contributed by atoms with Gasteiger partial charge in [-0.3, -0.25) is 4.79 Å². The molecule has 0 atom stereocenters. The van der Waals surface area contributed by atoms with E-state index in [1.807, 2.05) is 6.07 Å². The number of ketones is 1. The molecule has 1 aromatic heterocycles. The quantitative estimate of drug-likeness (QED) is 0.763. The van der Waals surface area contributed by atoms with Gasteiger partial charge in [-0.05, 0) is 28.7 Å². The maximum absolute atomic E-state index is 11.2. The summed E-state index contributed by atoms with van der Waals surface area (Å²) in [7, 11) is 0. The number of Topliss-reactive ketones (excluding diaryl/α,β-unsaturated/α-hetero) is 1. The molecular weight excluding hydrogens is 236 g/mol. The maximum Gasteiger partial charge on any atom is 0.194 e. The van der Waals surface area contributed by atoms with Crippen molar-refractivity contribution in [3.63, 3.8) is 0 Å². The lowest BCUT2D eigenvalue weighted by Crippen LogP contribution is -2.10. The van der Waals surface area contributed by atoms with Crippen LogP contribution in [0.15, 0.2) is 40.8 Å². The van der Waals surface area contributed by atoms with Crippen molar-refractivity contribution in [3.8, 4) is 0 Å². The third kappa shape index (κ3) is 3.34. The summed E-state index contributed by atoms with van der Waals surface area (Å²) >= 11 is 0. The molecule has 100 valence electrons. The molecule has 19 heavy (non-hydrogen) atoms. The molecule has 0 saturated carbocycles. The predicted molar refractivity (Wildman–Crippen MR) is 76.7 cm³/mol. The van der Waals surface area contributed by atoms with Crippen molar-refractivity contribution in [2.45, 2.75) is 39.5 Å². The van der Waals surface area contributed by atoms with Crippen LogP contribution in [0.25, 0.3) is 0 Å². The Morgan fingerprint density at radius 3 is 2.16 bits per heavy atom. The zero-order chi connectivity index (χ0) is 14.0. The summed E-state index contributed by atoms with van der Waals surface area (Å²) in [5.74, 6) is 1.23. The van der Waals surface area contributed by atoms with Crippen LogP contribution in [-0.4, -0.2) is 5.78 Å². The van der Waals surface area contributed by atoms with Gasteiger partial charge in [-0.2, -0.15) is 0 Å². The Bertz CT molecular complexity index is 568. The molecule has 2 rings (SSSR count). The minimum absolute atomic E-state index is 0.0330. The highest BCUT2D eigenvalue weighted by molar-refractivity contribution is 5.91.